The normalized spacial score (nSPS) is 28.6. The lowest BCUT2D eigenvalue weighted by atomic mass is 9.97. The van der Waals surface area contributed by atoms with E-state index in [4.69, 9.17) is 0 Å². The Hall–Kier alpha value is -0.940. The van der Waals surface area contributed by atoms with Gasteiger partial charge in [-0.2, -0.15) is 0 Å². The smallest absolute Gasteiger partial charge is 0.273 e. The molecule has 1 aromatic heterocycles. The summed E-state index contributed by atoms with van der Waals surface area (Å²) in [6.07, 6.45) is 5.75. The molecule has 0 aromatic carbocycles. The number of nitrogens with one attached hydrogen (secondary N) is 1. The number of amides is 1. The number of hydrogen-bond donors (Lipinski definition) is 1. The highest BCUT2D eigenvalue weighted by atomic mass is 32.1. The van der Waals surface area contributed by atoms with Crippen LogP contribution in [0.4, 0.5) is 0 Å². The van der Waals surface area contributed by atoms with Crippen LogP contribution in [-0.2, 0) is 0 Å². The molecule has 2 aliphatic heterocycles. The number of fused-ring (bicyclic) bond motifs is 2. The summed E-state index contributed by atoms with van der Waals surface area (Å²) in [5.74, 6) is 0.127. The Labute approximate surface area is 124 Å². The van der Waals surface area contributed by atoms with Gasteiger partial charge >= 0.3 is 0 Å². The number of hydrogen-bond acceptors (Lipinski definition) is 4. The number of aromatic nitrogens is 1. The largest absolute Gasteiger partial charge is 0.334 e. The Balaban J connectivity index is 1.76. The van der Waals surface area contributed by atoms with Gasteiger partial charge in [0.05, 0.1) is 5.01 Å². The number of nitrogens with zero attached hydrogens (tertiary/aromatic N) is 2. The second-order valence-electron chi connectivity index (χ2n) is 6.01. The van der Waals surface area contributed by atoms with Gasteiger partial charge in [-0.15, -0.1) is 11.3 Å². The minimum atomic E-state index is 0.127. The van der Waals surface area contributed by atoms with Gasteiger partial charge in [0, 0.05) is 30.1 Å². The van der Waals surface area contributed by atoms with Crippen molar-refractivity contribution in [2.45, 2.75) is 64.1 Å². The lowest BCUT2D eigenvalue weighted by Gasteiger charge is -2.37. The van der Waals surface area contributed by atoms with Crippen molar-refractivity contribution in [2.24, 2.45) is 0 Å². The highest BCUT2D eigenvalue weighted by Gasteiger charge is 2.37. The van der Waals surface area contributed by atoms with Crippen LogP contribution in [0.3, 0.4) is 0 Å². The first-order valence-electron chi connectivity index (χ1n) is 7.66. The third-order valence-electron chi connectivity index (χ3n) is 4.45. The molecule has 0 aliphatic carbocycles. The molecule has 2 unspecified atom stereocenters. The van der Waals surface area contributed by atoms with Gasteiger partial charge in [-0.3, -0.25) is 4.79 Å². The summed E-state index contributed by atoms with van der Waals surface area (Å²) in [5.41, 5.74) is 0.631. The Bertz CT molecular complexity index is 475. The molecular formula is C15H23N3OS. The summed E-state index contributed by atoms with van der Waals surface area (Å²) >= 11 is 1.56. The van der Waals surface area contributed by atoms with Gasteiger partial charge in [0.2, 0.25) is 0 Å². The van der Waals surface area contributed by atoms with E-state index in [2.05, 4.69) is 22.1 Å². The standard InChI is InChI=1S/C15H23N3OS/c1-3-6-18(15(19)14-9-20-10(2)16-14)13-7-11-4-5-12(8-13)17-11/h9,11-13,17H,3-8H2,1-2H3. The highest BCUT2D eigenvalue weighted by molar-refractivity contribution is 7.09. The van der Waals surface area contributed by atoms with E-state index >= 15 is 0 Å². The molecule has 2 bridgehead atoms. The number of thiazole rings is 1. The molecule has 1 aromatic rings. The van der Waals surface area contributed by atoms with Gasteiger partial charge in [-0.05, 0) is 39.0 Å². The van der Waals surface area contributed by atoms with E-state index in [1.165, 1.54) is 12.8 Å². The van der Waals surface area contributed by atoms with Gasteiger partial charge in [0.1, 0.15) is 5.69 Å². The molecule has 2 aliphatic rings. The van der Waals surface area contributed by atoms with E-state index < -0.39 is 0 Å². The van der Waals surface area contributed by atoms with Crippen LogP contribution in [0.2, 0.25) is 0 Å². The third-order valence-corrected chi connectivity index (χ3v) is 5.23. The van der Waals surface area contributed by atoms with E-state index in [1.807, 2.05) is 12.3 Å². The first kappa shape index (κ1) is 14.0. The van der Waals surface area contributed by atoms with Crippen LogP contribution in [0.25, 0.3) is 0 Å². The zero-order valence-corrected chi connectivity index (χ0v) is 13.1. The molecule has 5 heteroatoms. The van der Waals surface area contributed by atoms with Gasteiger partial charge in [0.15, 0.2) is 0 Å². The number of carbonyl (C=O) groups is 1. The molecule has 0 spiro atoms. The average Bonchev–Trinajstić information content (AvgIpc) is 3.01. The second-order valence-corrected chi connectivity index (χ2v) is 7.08. The molecule has 110 valence electrons. The number of rotatable bonds is 4. The zero-order valence-electron chi connectivity index (χ0n) is 12.3. The molecule has 0 saturated carbocycles. The Morgan fingerprint density at radius 3 is 2.70 bits per heavy atom. The zero-order chi connectivity index (χ0) is 14.1. The lowest BCUT2D eigenvalue weighted by Crippen LogP contribution is -2.50. The molecule has 2 atom stereocenters. The van der Waals surface area contributed by atoms with Crippen molar-refractivity contribution < 1.29 is 4.79 Å². The molecule has 0 radical (unpaired) electrons. The van der Waals surface area contributed by atoms with Gasteiger partial charge < -0.3 is 10.2 Å². The minimum absolute atomic E-state index is 0.127. The van der Waals surface area contributed by atoms with Crippen molar-refractivity contribution in [3.63, 3.8) is 0 Å². The maximum Gasteiger partial charge on any atom is 0.273 e. The predicted octanol–water partition coefficient (Wildman–Crippen LogP) is 2.59. The minimum Gasteiger partial charge on any atom is -0.334 e. The van der Waals surface area contributed by atoms with Crippen LogP contribution in [0.1, 0.15) is 54.5 Å². The van der Waals surface area contributed by atoms with E-state index in [9.17, 15) is 4.79 Å². The van der Waals surface area contributed by atoms with Crippen molar-refractivity contribution in [3.05, 3.63) is 16.1 Å². The molecule has 4 nitrogen and oxygen atoms in total. The molecule has 1 amide bonds. The van der Waals surface area contributed by atoms with Crippen LogP contribution in [0.5, 0.6) is 0 Å². The highest BCUT2D eigenvalue weighted by Crippen LogP contribution is 2.30. The van der Waals surface area contributed by atoms with Crippen LogP contribution in [0.15, 0.2) is 5.38 Å². The summed E-state index contributed by atoms with van der Waals surface area (Å²) in [5, 5.41) is 6.52. The van der Waals surface area contributed by atoms with Crippen molar-refractivity contribution in [1.82, 2.24) is 15.2 Å². The summed E-state index contributed by atoms with van der Waals surface area (Å²) in [6, 6.07) is 1.62. The fourth-order valence-corrected chi connectivity index (χ4v) is 4.17. The first-order valence-corrected chi connectivity index (χ1v) is 8.54. The lowest BCUT2D eigenvalue weighted by molar-refractivity contribution is 0.0611. The molecule has 20 heavy (non-hydrogen) atoms. The van der Waals surface area contributed by atoms with E-state index in [1.54, 1.807) is 11.3 Å². The van der Waals surface area contributed by atoms with Crippen LogP contribution in [0, 0.1) is 6.92 Å². The van der Waals surface area contributed by atoms with Crippen LogP contribution < -0.4 is 5.32 Å². The third kappa shape index (κ3) is 2.74. The second kappa shape index (κ2) is 5.82. The molecular weight excluding hydrogens is 270 g/mol. The summed E-state index contributed by atoms with van der Waals surface area (Å²) < 4.78 is 0. The summed E-state index contributed by atoms with van der Waals surface area (Å²) in [6.45, 7) is 4.94. The Kier molecular flexibility index (Phi) is 4.08. The van der Waals surface area contributed by atoms with E-state index in [0.29, 0.717) is 23.8 Å². The van der Waals surface area contributed by atoms with E-state index in [0.717, 1.165) is 30.8 Å². The molecule has 3 heterocycles. The Morgan fingerprint density at radius 1 is 1.45 bits per heavy atom. The quantitative estimate of drug-likeness (QED) is 0.928. The summed E-state index contributed by atoms with van der Waals surface area (Å²) in [7, 11) is 0. The molecule has 1 N–H and O–H groups in total. The first-order chi connectivity index (χ1) is 9.67. The van der Waals surface area contributed by atoms with Crippen molar-refractivity contribution >= 4 is 17.2 Å². The monoisotopic (exact) mass is 293 g/mol. The SMILES string of the molecule is CCCN(C(=O)c1csc(C)n1)C1CC2CCC(C1)N2. The molecule has 2 saturated heterocycles. The fourth-order valence-electron chi connectivity index (χ4n) is 3.58. The Morgan fingerprint density at radius 2 is 2.15 bits per heavy atom. The topological polar surface area (TPSA) is 45.2 Å². The maximum absolute atomic E-state index is 12.7. The van der Waals surface area contributed by atoms with Gasteiger partial charge in [-0.1, -0.05) is 6.92 Å². The number of aryl methyl sites for hydroxylation is 1. The summed E-state index contributed by atoms with van der Waals surface area (Å²) in [4.78, 5) is 19.2. The van der Waals surface area contributed by atoms with Crippen LogP contribution in [-0.4, -0.2) is 40.5 Å². The van der Waals surface area contributed by atoms with Crippen molar-refractivity contribution in [3.8, 4) is 0 Å². The van der Waals surface area contributed by atoms with Crippen molar-refractivity contribution in [1.29, 1.82) is 0 Å². The number of carbonyl (C=O) groups excluding carboxylic acids is 1. The average molecular weight is 293 g/mol. The van der Waals surface area contributed by atoms with E-state index in [-0.39, 0.29) is 5.91 Å². The van der Waals surface area contributed by atoms with Gasteiger partial charge in [-0.25, -0.2) is 4.98 Å². The maximum atomic E-state index is 12.7. The fraction of sp³-hybridized carbons (Fsp3) is 0.733. The van der Waals surface area contributed by atoms with Crippen molar-refractivity contribution in [2.75, 3.05) is 6.54 Å². The van der Waals surface area contributed by atoms with Gasteiger partial charge in [0.25, 0.3) is 5.91 Å². The molecule has 2 fully saturated rings. The predicted molar refractivity (Wildman–Crippen MR) is 81.1 cm³/mol. The number of piperidine rings is 1. The molecule has 3 rings (SSSR count). The van der Waals surface area contributed by atoms with Crippen LogP contribution >= 0.6 is 11.3 Å².